The van der Waals surface area contributed by atoms with Gasteiger partial charge in [0.1, 0.15) is 5.75 Å². The average molecular weight is 210 g/mol. The van der Waals surface area contributed by atoms with Crippen LogP contribution in [0.5, 0.6) is 5.75 Å². The zero-order chi connectivity index (χ0) is 10.7. The minimum atomic E-state index is -0.748. The van der Waals surface area contributed by atoms with Gasteiger partial charge in [-0.15, -0.1) is 0 Å². The Morgan fingerprint density at radius 3 is 2.79 bits per heavy atom. The molecule has 0 bridgehead atoms. The number of halogens is 1. The number of hydrogen-bond acceptors (Lipinski definition) is 2. The highest BCUT2D eigenvalue weighted by Gasteiger charge is 2.03. The predicted molar refractivity (Wildman–Crippen MR) is 53.9 cm³/mol. The zero-order valence-electron chi connectivity index (χ0n) is 7.47. The first kappa shape index (κ1) is 10.4. The van der Waals surface area contributed by atoms with Crippen molar-refractivity contribution >= 4 is 17.5 Å². The van der Waals surface area contributed by atoms with Crippen LogP contribution < -0.4 is 5.73 Å². The van der Waals surface area contributed by atoms with Crippen molar-refractivity contribution in [3.63, 3.8) is 0 Å². The number of carbonyl (C=O) groups is 1. The van der Waals surface area contributed by atoms with Gasteiger partial charge in [0.15, 0.2) is 0 Å². The van der Waals surface area contributed by atoms with Gasteiger partial charge in [-0.1, -0.05) is 17.5 Å². The third kappa shape index (κ3) is 2.41. The monoisotopic (exact) mass is 209 g/mol. The predicted octanol–water partition coefficient (Wildman–Crippen LogP) is 1.19. The SMILES string of the molecule is Cc1cc(Cl)cc(C#CC(N)=O)c1O. The molecule has 3 N–H and O–H groups in total. The molecule has 1 amide bonds. The molecule has 0 saturated carbocycles. The fourth-order valence-electron chi connectivity index (χ4n) is 0.960. The van der Waals surface area contributed by atoms with Crippen molar-refractivity contribution in [3.8, 4) is 17.6 Å². The number of aromatic hydroxyl groups is 1. The fraction of sp³-hybridized carbons (Fsp3) is 0.100. The number of rotatable bonds is 0. The van der Waals surface area contributed by atoms with Crippen LogP contribution in [0.4, 0.5) is 0 Å². The van der Waals surface area contributed by atoms with Gasteiger partial charge in [0.25, 0.3) is 5.91 Å². The molecule has 1 aromatic carbocycles. The third-order valence-electron chi connectivity index (χ3n) is 1.59. The highest BCUT2D eigenvalue weighted by Crippen LogP contribution is 2.25. The Balaban J connectivity index is 3.23. The quantitative estimate of drug-likeness (QED) is 0.631. The zero-order valence-corrected chi connectivity index (χ0v) is 8.22. The molecule has 0 aliphatic heterocycles. The number of phenolic OH excluding ortho intramolecular Hbond substituents is 1. The lowest BCUT2D eigenvalue weighted by molar-refractivity contribution is -0.112. The molecule has 0 radical (unpaired) electrons. The second kappa shape index (κ2) is 4.03. The molecule has 1 aromatic rings. The maximum Gasteiger partial charge on any atom is 0.293 e. The molecule has 0 unspecified atom stereocenters. The second-order valence-electron chi connectivity index (χ2n) is 2.73. The van der Waals surface area contributed by atoms with E-state index in [0.717, 1.165) is 0 Å². The van der Waals surface area contributed by atoms with Crippen LogP contribution in [-0.4, -0.2) is 11.0 Å². The number of amides is 1. The Hall–Kier alpha value is -1.66. The number of carbonyl (C=O) groups excluding carboxylic acids is 1. The molecule has 0 saturated heterocycles. The van der Waals surface area contributed by atoms with Crippen molar-refractivity contribution in [1.82, 2.24) is 0 Å². The summed E-state index contributed by atoms with van der Waals surface area (Å²) in [5, 5.41) is 9.97. The van der Waals surface area contributed by atoms with Gasteiger partial charge in [0, 0.05) is 10.9 Å². The summed E-state index contributed by atoms with van der Waals surface area (Å²) in [6, 6.07) is 3.08. The van der Waals surface area contributed by atoms with E-state index in [9.17, 15) is 9.90 Å². The smallest absolute Gasteiger partial charge is 0.293 e. The first-order chi connectivity index (χ1) is 6.50. The number of primary amides is 1. The van der Waals surface area contributed by atoms with Crippen molar-refractivity contribution in [2.24, 2.45) is 5.73 Å². The molecular formula is C10H8ClNO2. The first-order valence-electron chi connectivity index (χ1n) is 3.81. The van der Waals surface area contributed by atoms with Gasteiger partial charge in [-0.2, -0.15) is 0 Å². The van der Waals surface area contributed by atoms with Gasteiger partial charge in [-0.05, 0) is 24.6 Å². The molecule has 0 fully saturated rings. The molecule has 72 valence electrons. The minimum Gasteiger partial charge on any atom is -0.506 e. The Labute approximate surface area is 86.5 Å². The molecule has 3 nitrogen and oxygen atoms in total. The summed E-state index contributed by atoms with van der Waals surface area (Å²) < 4.78 is 0. The fourth-order valence-corrected chi connectivity index (χ4v) is 1.23. The molecule has 0 aromatic heterocycles. The van der Waals surface area contributed by atoms with E-state index in [4.69, 9.17) is 17.3 Å². The largest absolute Gasteiger partial charge is 0.506 e. The summed E-state index contributed by atoms with van der Waals surface area (Å²) in [6.45, 7) is 1.69. The standard InChI is InChI=1S/C10H8ClNO2/c1-6-4-8(11)5-7(10(6)14)2-3-9(12)13/h4-5,14H,1H3,(H2,12,13). The van der Waals surface area contributed by atoms with Gasteiger partial charge in [-0.25, -0.2) is 0 Å². The van der Waals surface area contributed by atoms with E-state index in [1.165, 1.54) is 6.07 Å². The van der Waals surface area contributed by atoms with Crippen molar-refractivity contribution in [2.75, 3.05) is 0 Å². The van der Waals surface area contributed by atoms with E-state index in [2.05, 4.69) is 11.8 Å². The molecule has 1 rings (SSSR count). The van der Waals surface area contributed by atoms with Gasteiger partial charge in [0.05, 0.1) is 5.56 Å². The number of aryl methyl sites for hydroxylation is 1. The summed E-state index contributed by atoms with van der Waals surface area (Å²) in [4.78, 5) is 10.4. The van der Waals surface area contributed by atoms with Gasteiger partial charge < -0.3 is 10.8 Å². The van der Waals surface area contributed by atoms with Gasteiger partial charge in [0.2, 0.25) is 0 Å². The molecule has 0 atom stereocenters. The lowest BCUT2D eigenvalue weighted by atomic mass is 10.1. The average Bonchev–Trinajstić information content (AvgIpc) is 2.08. The first-order valence-corrected chi connectivity index (χ1v) is 4.19. The van der Waals surface area contributed by atoms with Crippen LogP contribution in [0.15, 0.2) is 12.1 Å². The van der Waals surface area contributed by atoms with E-state index in [-0.39, 0.29) is 5.75 Å². The van der Waals surface area contributed by atoms with Crippen molar-refractivity contribution in [2.45, 2.75) is 6.92 Å². The number of nitrogens with two attached hydrogens (primary N) is 1. The van der Waals surface area contributed by atoms with Crippen molar-refractivity contribution in [1.29, 1.82) is 0 Å². The van der Waals surface area contributed by atoms with Crippen LogP contribution >= 0.6 is 11.6 Å². The summed E-state index contributed by atoms with van der Waals surface area (Å²) in [6.07, 6.45) is 0. The Morgan fingerprint density at radius 1 is 1.57 bits per heavy atom. The lowest BCUT2D eigenvalue weighted by Gasteiger charge is -2.01. The lowest BCUT2D eigenvalue weighted by Crippen LogP contribution is -2.06. The van der Waals surface area contributed by atoms with Crippen molar-refractivity contribution in [3.05, 3.63) is 28.3 Å². The molecular weight excluding hydrogens is 202 g/mol. The van der Waals surface area contributed by atoms with E-state index >= 15 is 0 Å². The van der Waals surface area contributed by atoms with Crippen LogP contribution in [0.2, 0.25) is 5.02 Å². The molecule has 0 heterocycles. The summed E-state index contributed by atoms with van der Waals surface area (Å²) in [5.41, 5.74) is 5.74. The molecule has 0 spiro atoms. The molecule has 14 heavy (non-hydrogen) atoms. The minimum absolute atomic E-state index is 0.0168. The van der Waals surface area contributed by atoms with Crippen LogP contribution in [0.3, 0.4) is 0 Å². The molecule has 0 aliphatic rings. The normalized spacial score (nSPS) is 9.00. The molecule has 4 heteroatoms. The van der Waals surface area contributed by atoms with Crippen LogP contribution in [-0.2, 0) is 4.79 Å². The Kier molecular flexibility index (Phi) is 3.00. The van der Waals surface area contributed by atoms with E-state index in [1.54, 1.807) is 13.0 Å². The third-order valence-corrected chi connectivity index (χ3v) is 1.80. The topological polar surface area (TPSA) is 63.3 Å². The Morgan fingerprint density at radius 2 is 2.21 bits per heavy atom. The number of benzene rings is 1. The Bertz CT molecular complexity index is 443. The molecule has 0 aliphatic carbocycles. The highest BCUT2D eigenvalue weighted by atomic mass is 35.5. The van der Waals surface area contributed by atoms with Crippen LogP contribution in [0.1, 0.15) is 11.1 Å². The van der Waals surface area contributed by atoms with Crippen LogP contribution in [0, 0.1) is 18.8 Å². The number of hydrogen-bond donors (Lipinski definition) is 2. The van der Waals surface area contributed by atoms with E-state index in [1.807, 2.05) is 0 Å². The van der Waals surface area contributed by atoms with Gasteiger partial charge in [-0.3, -0.25) is 4.79 Å². The summed E-state index contributed by atoms with van der Waals surface area (Å²) in [7, 11) is 0. The maximum absolute atomic E-state index is 10.4. The van der Waals surface area contributed by atoms with Crippen LogP contribution in [0.25, 0.3) is 0 Å². The van der Waals surface area contributed by atoms with Crippen molar-refractivity contribution < 1.29 is 9.90 Å². The summed E-state index contributed by atoms with van der Waals surface area (Å²) >= 11 is 5.74. The van der Waals surface area contributed by atoms with E-state index in [0.29, 0.717) is 16.1 Å². The number of phenols is 1. The maximum atomic E-state index is 10.4. The van der Waals surface area contributed by atoms with Gasteiger partial charge >= 0.3 is 0 Å². The second-order valence-corrected chi connectivity index (χ2v) is 3.17. The highest BCUT2D eigenvalue weighted by molar-refractivity contribution is 6.30. The summed E-state index contributed by atoms with van der Waals surface area (Å²) in [5.74, 6) is 3.83. The van der Waals surface area contributed by atoms with E-state index < -0.39 is 5.91 Å².